The second kappa shape index (κ2) is 5.04. The first-order valence-electron chi connectivity index (χ1n) is 5.04. The lowest BCUT2D eigenvalue weighted by Gasteiger charge is -2.26. The first-order chi connectivity index (χ1) is 6.94. The molecule has 0 fully saturated rings. The molecule has 0 aliphatic heterocycles. The molecule has 1 heterocycles. The predicted octanol–water partition coefficient (Wildman–Crippen LogP) is 4.38. The van der Waals surface area contributed by atoms with Crippen LogP contribution in [0.1, 0.15) is 33.6 Å². The van der Waals surface area contributed by atoms with Crippen molar-refractivity contribution in [2.45, 2.75) is 39.2 Å². The lowest BCUT2D eigenvalue weighted by atomic mass is 9.99. The molecule has 84 valence electrons. The Morgan fingerprint density at radius 2 is 2.07 bits per heavy atom. The van der Waals surface area contributed by atoms with Gasteiger partial charge in [-0.2, -0.15) is 0 Å². The quantitative estimate of drug-likeness (QED) is 0.853. The van der Waals surface area contributed by atoms with Crippen LogP contribution in [0.5, 0.6) is 0 Å². The highest BCUT2D eigenvalue weighted by molar-refractivity contribution is 6.35. The standard InChI is InChI=1S/C11H16Cl2N2/c1-4-5-11(2,3)15-10-9(13)6-8(12)7-14-10/h6-7H,4-5H2,1-3H3,(H,14,15). The van der Waals surface area contributed by atoms with Crippen LogP contribution in [0, 0.1) is 0 Å². The van der Waals surface area contributed by atoms with Crippen molar-refractivity contribution < 1.29 is 0 Å². The Morgan fingerprint density at radius 3 is 2.60 bits per heavy atom. The minimum Gasteiger partial charge on any atom is -0.364 e. The molecule has 0 saturated carbocycles. The summed E-state index contributed by atoms with van der Waals surface area (Å²) >= 11 is 11.8. The fourth-order valence-corrected chi connectivity index (χ4v) is 1.94. The number of nitrogens with zero attached hydrogens (tertiary/aromatic N) is 1. The molecule has 0 spiro atoms. The van der Waals surface area contributed by atoms with Gasteiger partial charge in [0, 0.05) is 11.7 Å². The van der Waals surface area contributed by atoms with Crippen LogP contribution in [-0.2, 0) is 0 Å². The molecule has 0 bridgehead atoms. The minimum atomic E-state index is -0.000774. The number of aromatic nitrogens is 1. The van der Waals surface area contributed by atoms with Crippen molar-refractivity contribution in [3.63, 3.8) is 0 Å². The molecule has 1 N–H and O–H groups in total. The maximum Gasteiger partial charge on any atom is 0.145 e. The second-order valence-corrected chi connectivity index (χ2v) is 5.09. The molecule has 1 aromatic rings. The van der Waals surface area contributed by atoms with Gasteiger partial charge in [0.05, 0.1) is 10.0 Å². The van der Waals surface area contributed by atoms with E-state index in [4.69, 9.17) is 23.2 Å². The van der Waals surface area contributed by atoms with E-state index in [9.17, 15) is 0 Å². The number of pyridine rings is 1. The monoisotopic (exact) mass is 246 g/mol. The smallest absolute Gasteiger partial charge is 0.145 e. The molecule has 2 nitrogen and oxygen atoms in total. The Labute approximate surface area is 101 Å². The summed E-state index contributed by atoms with van der Waals surface area (Å²) in [6.07, 6.45) is 3.77. The lowest BCUT2D eigenvalue weighted by Crippen LogP contribution is -2.31. The molecular formula is C11H16Cl2N2. The van der Waals surface area contributed by atoms with Gasteiger partial charge in [0.1, 0.15) is 5.82 Å². The molecule has 0 amide bonds. The van der Waals surface area contributed by atoms with Crippen molar-refractivity contribution in [3.8, 4) is 0 Å². The molecule has 0 aliphatic rings. The molecule has 0 saturated heterocycles. The molecule has 0 aliphatic carbocycles. The molecule has 0 radical (unpaired) electrons. The Bertz CT molecular complexity index is 337. The number of rotatable bonds is 4. The summed E-state index contributed by atoms with van der Waals surface area (Å²) in [5.41, 5.74) is -0.000774. The highest BCUT2D eigenvalue weighted by Crippen LogP contribution is 2.26. The van der Waals surface area contributed by atoms with Gasteiger partial charge in [0.2, 0.25) is 0 Å². The Balaban J connectivity index is 2.80. The largest absolute Gasteiger partial charge is 0.364 e. The SMILES string of the molecule is CCCC(C)(C)Nc1ncc(Cl)cc1Cl. The third-order valence-electron chi connectivity index (χ3n) is 2.14. The summed E-state index contributed by atoms with van der Waals surface area (Å²) in [5, 5.41) is 4.43. The second-order valence-electron chi connectivity index (χ2n) is 4.24. The van der Waals surface area contributed by atoms with Crippen molar-refractivity contribution in [2.75, 3.05) is 5.32 Å². The van der Waals surface area contributed by atoms with E-state index in [0.717, 1.165) is 12.8 Å². The van der Waals surface area contributed by atoms with Crippen molar-refractivity contribution in [3.05, 3.63) is 22.3 Å². The van der Waals surface area contributed by atoms with E-state index in [1.54, 1.807) is 12.3 Å². The van der Waals surface area contributed by atoms with Gasteiger partial charge >= 0.3 is 0 Å². The predicted molar refractivity (Wildman–Crippen MR) is 66.9 cm³/mol. The molecule has 0 atom stereocenters. The average molecular weight is 247 g/mol. The first-order valence-corrected chi connectivity index (χ1v) is 5.79. The fourth-order valence-electron chi connectivity index (χ4n) is 1.51. The molecule has 1 rings (SSSR count). The van der Waals surface area contributed by atoms with E-state index < -0.39 is 0 Å². The Morgan fingerprint density at radius 1 is 1.40 bits per heavy atom. The normalized spacial score (nSPS) is 11.5. The third-order valence-corrected chi connectivity index (χ3v) is 2.63. The summed E-state index contributed by atoms with van der Waals surface area (Å²) in [6, 6.07) is 1.69. The van der Waals surface area contributed by atoms with Gasteiger partial charge in [-0.3, -0.25) is 0 Å². The van der Waals surface area contributed by atoms with Gasteiger partial charge in [0.25, 0.3) is 0 Å². The van der Waals surface area contributed by atoms with Gasteiger partial charge in [-0.05, 0) is 26.3 Å². The number of halogens is 2. The minimum absolute atomic E-state index is 0.000774. The Hall–Kier alpha value is -0.470. The molecule has 1 aromatic heterocycles. The van der Waals surface area contributed by atoms with Crippen LogP contribution in [0.15, 0.2) is 12.3 Å². The average Bonchev–Trinajstić information content (AvgIpc) is 2.09. The maximum atomic E-state index is 6.03. The zero-order chi connectivity index (χ0) is 11.5. The van der Waals surface area contributed by atoms with E-state index in [1.807, 2.05) is 0 Å². The number of anilines is 1. The zero-order valence-electron chi connectivity index (χ0n) is 9.27. The van der Waals surface area contributed by atoms with Gasteiger partial charge in [-0.15, -0.1) is 0 Å². The van der Waals surface area contributed by atoms with Crippen LogP contribution >= 0.6 is 23.2 Å². The fraction of sp³-hybridized carbons (Fsp3) is 0.545. The summed E-state index contributed by atoms with van der Waals surface area (Å²) in [7, 11) is 0. The van der Waals surface area contributed by atoms with Crippen LogP contribution in [-0.4, -0.2) is 10.5 Å². The van der Waals surface area contributed by atoms with Gasteiger partial charge in [-0.1, -0.05) is 36.5 Å². The van der Waals surface area contributed by atoms with Crippen molar-refractivity contribution in [1.29, 1.82) is 0 Å². The topological polar surface area (TPSA) is 24.9 Å². The van der Waals surface area contributed by atoms with Crippen LogP contribution in [0.2, 0.25) is 10.0 Å². The highest BCUT2D eigenvalue weighted by atomic mass is 35.5. The molecular weight excluding hydrogens is 231 g/mol. The van der Waals surface area contributed by atoms with E-state index in [1.165, 1.54) is 0 Å². The van der Waals surface area contributed by atoms with Gasteiger partial charge < -0.3 is 5.32 Å². The Kier molecular flexibility index (Phi) is 4.23. The zero-order valence-corrected chi connectivity index (χ0v) is 10.8. The summed E-state index contributed by atoms with van der Waals surface area (Å²) in [6.45, 7) is 6.41. The van der Waals surface area contributed by atoms with Crippen LogP contribution < -0.4 is 5.32 Å². The van der Waals surface area contributed by atoms with Gasteiger partial charge in [-0.25, -0.2) is 4.98 Å². The van der Waals surface area contributed by atoms with Crippen molar-refractivity contribution >= 4 is 29.0 Å². The molecule has 0 unspecified atom stereocenters. The third kappa shape index (κ3) is 3.88. The summed E-state index contributed by atoms with van der Waals surface area (Å²) < 4.78 is 0. The van der Waals surface area contributed by atoms with E-state index in [2.05, 4.69) is 31.1 Å². The van der Waals surface area contributed by atoms with E-state index >= 15 is 0 Å². The first kappa shape index (κ1) is 12.6. The van der Waals surface area contributed by atoms with Crippen LogP contribution in [0.3, 0.4) is 0 Å². The highest BCUT2D eigenvalue weighted by Gasteiger charge is 2.17. The maximum absolute atomic E-state index is 6.03. The van der Waals surface area contributed by atoms with Gasteiger partial charge in [0.15, 0.2) is 0 Å². The molecule has 4 heteroatoms. The summed E-state index contributed by atoms with van der Waals surface area (Å²) in [5.74, 6) is 0.694. The molecule has 15 heavy (non-hydrogen) atoms. The van der Waals surface area contributed by atoms with E-state index in [-0.39, 0.29) is 5.54 Å². The van der Waals surface area contributed by atoms with Crippen LogP contribution in [0.4, 0.5) is 5.82 Å². The lowest BCUT2D eigenvalue weighted by molar-refractivity contribution is 0.509. The molecule has 0 aromatic carbocycles. The number of hydrogen-bond acceptors (Lipinski definition) is 2. The van der Waals surface area contributed by atoms with Crippen LogP contribution in [0.25, 0.3) is 0 Å². The van der Waals surface area contributed by atoms with Crippen molar-refractivity contribution in [1.82, 2.24) is 4.98 Å². The summed E-state index contributed by atoms with van der Waals surface area (Å²) in [4.78, 5) is 4.17. The van der Waals surface area contributed by atoms with E-state index in [0.29, 0.717) is 15.9 Å². The number of hydrogen-bond donors (Lipinski definition) is 1. The van der Waals surface area contributed by atoms with Crippen molar-refractivity contribution in [2.24, 2.45) is 0 Å². The number of nitrogens with one attached hydrogen (secondary N) is 1.